The van der Waals surface area contributed by atoms with Crippen molar-refractivity contribution in [2.75, 3.05) is 13.2 Å². The normalized spacial score (nSPS) is 12.2. The number of hydrogen-bond donors (Lipinski definition) is 2. The molecule has 3 aromatic rings. The van der Waals surface area contributed by atoms with Gasteiger partial charge in [-0.05, 0) is 62.4 Å². The highest BCUT2D eigenvalue weighted by Gasteiger charge is 2.13. The van der Waals surface area contributed by atoms with Gasteiger partial charge in [-0.25, -0.2) is 0 Å². The Morgan fingerprint density at radius 1 is 0.966 bits per heavy atom. The predicted molar refractivity (Wildman–Crippen MR) is 112 cm³/mol. The van der Waals surface area contributed by atoms with Crippen molar-refractivity contribution in [3.8, 4) is 16.9 Å². The van der Waals surface area contributed by atoms with Crippen LogP contribution in [0.3, 0.4) is 0 Å². The van der Waals surface area contributed by atoms with E-state index in [4.69, 9.17) is 9.15 Å². The summed E-state index contributed by atoms with van der Waals surface area (Å²) in [4.78, 5) is 23.8. The number of nitrogens with one attached hydrogen (secondary N) is 2. The molecule has 2 amide bonds. The molecule has 0 saturated carbocycles. The van der Waals surface area contributed by atoms with Crippen molar-refractivity contribution in [3.63, 3.8) is 0 Å². The van der Waals surface area contributed by atoms with Gasteiger partial charge in [-0.3, -0.25) is 9.59 Å². The quantitative estimate of drug-likeness (QED) is 0.594. The Bertz CT molecular complexity index is 1040. The number of fused-ring (bicyclic) bond motifs is 1. The number of hydrogen-bond acceptors (Lipinski definition) is 4. The zero-order valence-electron chi connectivity index (χ0n) is 15.5. The minimum absolute atomic E-state index is 0.119. The van der Waals surface area contributed by atoms with Gasteiger partial charge in [-0.2, -0.15) is 0 Å². The van der Waals surface area contributed by atoms with Crippen LogP contribution in [0.5, 0.6) is 5.75 Å². The second kappa shape index (κ2) is 8.53. The number of amides is 2. The first-order valence-corrected chi connectivity index (χ1v) is 10.0. The second-order valence-corrected chi connectivity index (χ2v) is 7.46. The Labute approximate surface area is 176 Å². The highest BCUT2D eigenvalue weighted by atomic mass is 79.9. The van der Waals surface area contributed by atoms with Gasteiger partial charge in [0, 0.05) is 13.0 Å². The first kappa shape index (κ1) is 19.3. The van der Waals surface area contributed by atoms with E-state index in [1.807, 2.05) is 30.3 Å². The minimum atomic E-state index is -0.435. The van der Waals surface area contributed by atoms with E-state index < -0.39 is 5.91 Å². The van der Waals surface area contributed by atoms with E-state index >= 15 is 0 Å². The molecule has 0 radical (unpaired) electrons. The molecule has 0 spiro atoms. The lowest BCUT2D eigenvalue weighted by Gasteiger charge is -2.08. The smallest absolute Gasteiger partial charge is 0.287 e. The standard InChI is InChI=1S/C22H19BrN2O4/c23-20-8-7-19(29-20)22(27)25-13-21(26)24-12-14-1-3-15(4-2-14)16-5-6-18-17(11-16)9-10-28-18/h1-8,11H,9-10,12-13H2,(H,24,26)(H,25,27). The van der Waals surface area contributed by atoms with Crippen molar-refractivity contribution >= 4 is 27.7 Å². The number of carbonyl (C=O) groups is 2. The first-order chi connectivity index (χ1) is 14.1. The summed E-state index contributed by atoms with van der Waals surface area (Å²) in [5, 5.41) is 5.32. The van der Waals surface area contributed by atoms with E-state index in [9.17, 15) is 9.59 Å². The molecule has 4 rings (SSSR count). The molecular formula is C22H19BrN2O4. The van der Waals surface area contributed by atoms with Gasteiger partial charge >= 0.3 is 0 Å². The highest BCUT2D eigenvalue weighted by Crippen LogP contribution is 2.30. The molecule has 2 heterocycles. The van der Waals surface area contributed by atoms with Crippen LogP contribution >= 0.6 is 15.9 Å². The lowest BCUT2D eigenvalue weighted by molar-refractivity contribution is -0.120. The summed E-state index contributed by atoms with van der Waals surface area (Å²) in [7, 11) is 0. The second-order valence-electron chi connectivity index (χ2n) is 6.68. The maximum absolute atomic E-state index is 12.0. The number of benzene rings is 2. The summed E-state index contributed by atoms with van der Waals surface area (Å²) >= 11 is 3.13. The molecule has 1 aliphatic rings. The third-order valence-electron chi connectivity index (χ3n) is 4.67. The molecule has 29 heavy (non-hydrogen) atoms. The summed E-state index contributed by atoms with van der Waals surface area (Å²) < 4.78 is 11.2. The third-order valence-corrected chi connectivity index (χ3v) is 5.10. The van der Waals surface area contributed by atoms with Crippen LogP contribution in [-0.2, 0) is 17.8 Å². The summed E-state index contributed by atoms with van der Waals surface area (Å²) in [5.74, 6) is 0.417. The SMILES string of the molecule is O=C(CNC(=O)c1ccc(Br)o1)NCc1ccc(-c2ccc3c(c2)CCO3)cc1. The maximum atomic E-state index is 12.0. The van der Waals surface area contributed by atoms with Crippen LogP contribution in [-0.4, -0.2) is 25.0 Å². The van der Waals surface area contributed by atoms with Gasteiger partial charge in [-0.15, -0.1) is 0 Å². The Kier molecular flexibility index (Phi) is 5.67. The van der Waals surface area contributed by atoms with Crippen molar-refractivity contribution in [1.29, 1.82) is 0 Å². The molecular weight excluding hydrogens is 436 g/mol. The number of ether oxygens (including phenoxy) is 1. The largest absolute Gasteiger partial charge is 0.493 e. The molecule has 1 aromatic heterocycles. The molecule has 2 N–H and O–H groups in total. The topological polar surface area (TPSA) is 80.6 Å². The lowest BCUT2D eigenvalue weighted by Crippen LogP contribution is -2.36. The van der Waals surface area contributed by atoms with E-state index in [0.29, 0.717) is 11.2 Å². The minimum Gasteiger partial charge on any atom is -0.493 e. The van der Waals surface area contributed by atoms with Gasteiger partial charge in [0.1, 0.15) is 5.75 Å². The Morgan fingerprint density at radius 2 is 1.76 bits per heavy atom. The van der Waals surface area contributed by atoms with Crippen LogP contribution in [0.15, 0.2) is 63.7 Å². The molecule has 0 saturated heterocycles. The molecule has 6 nitrogen and oxygen atoms in total. The number of furan rings is 1. The molecule has 7 heteroatoms. The van der Waals surface area contributed by atoms with Crippen LogP contribution in [0.25, 0.3) is 11.1 Å². The zero-order chi connectivity index (χ0) is 20.2. The van der Waals surface area contributed by atoms with Gasteiger partial charge in [0.25, 0.3) is 5.91 Å². The van der Waals surface area contributed by atoms with E-state index in [0.717, 1.165) is 35.5 Å². The number of carbonyl (C=O) groups excluding carboxylic acids is 2. The van der Waals surface area contributed by atoms with E-state index in [1.165, 1.54) is 11.6 Å². The van der Waals surface area contributed by atoms with E-state index in [1.54, 1.807) is 6.07 Å². The van der Waals surface area contributed by atoms with Crippen LogP contribution in [0.2, 0.25) is 0 Å². The Balaban J connectivity index is 1.28. The molecule has 0 aliphatic carbocycles. The molecule has 0 bridgehead atoms. The molecule has 2 aromatic carbocycles. The van der Waals surface area contributed by atoms with Crippen molar-refractivity contribution in [1.82, 2.24) is 10.6 Å². The van der Waals surface area contributed by atoms with Crippen LogP contribution in [0.4, 0.5) is 0 Å². The predicted octanol–water partition coefficient (Wildman–Crippen LogP) is 3.69. The van der Waals surface area contributed by atoms with Crippen LogP contribution in [0.1, 0.15) is 21.7 Å². The van der Waals surface area contributed by atoms with Crippen molar-refractivity contribution in [3.05, 3.63) is 76.2 Å². The van der Waals surface area contributed by atoms with Crippen molar-refractivity contribution in [2.45, 2.75) is 13.0 Å². The van der Waals surface area contributed by atoms with E-state index in [2.05, 4.69) is 38.7 Å². The summed E-state index contributed by atoms with van der Waals surface area (Å²) in [5.41, 5.74) is 4.49. The molecule has 0 unspecified atom stereocenters. The van der Waals surface area contributed by atoms with Crippen LogP contribution in [0, 0.1) is 0 Å². The van der Waals surface area contributed by atoms with Gasteiger partial charge in [0.2, 0.25) is 5.91 Å². The third kappa shape index (κ3) is 4.68. The van der Waals surface area contributed by atoms with E-state index in [-0.39, 0.29) is 18.2 Å². The zero-order valence-corrected chi connectivity index (χ0v) is 17.1. The summed E-state index contributed by atoms with van der Waals surface area (Å²) in [6.45, 7) is 1.02. The van der Waals surface area contributed by atoms with Gasteiger partial charge in [0.05, 0.1) is 13.2 Å². The highest BCUT2D eigenvalue weighted by molar-refractivity contribution is 9.10. The average molecular weight is 455 g/mol. The maximum Gasteiger partial charge on any atom is 0.287 e. The van der Waals surface area contributed by atoms with Gasteiger partial charge in [0.15, 0.2) is 10.4 Å². The lowest BCUT2D eigenvalue weighted by atomic mass is 10.0. The average Bonchev–Trinajstić information content (AvgIpc) is 3.39. The Hall–Kier alpha value is -3.06. The number of halogens is 1. The fourth-order valence-corrected chi connectivity index (χ4v) is 3.43. The van der Waals surface area contributed by atoms with Crippen molar-refractivity contribution in [2.24, 2.45) is 0 Å². The Morgan fingerprint density at radius 3 is 2.52 bits per heavy atom. The molecule has 0 atom stereocenters. The summed E-state index contributed by atoms with van der Waals surface area (Å²) in [6, 6.07) is 17.4. The molecule has 1 aliphatic heterocycles. The fourth-order valence-electron chi connectivity index (χ4n) is 3.13. The molecule has 0 fully saturated rings. The fraction of sp³-hybridized carbons (Fsp3) is 0.182. The number of rotatable bonds is 6. The van der Waals surface area contributed by atoms with Gasteiger partial charge < -0.3 is 19.8 Å². The van der Waals surface area contributed by atoms with Gasteiger partial charge in [-0.1, -0.05) is 30.3 Å². The monoisotopic (exact) mass is 454 g/mol. The van der Waals surface area contributed by atoms with Crippen LogP contribution < -0.4 is 15.4 Å². The summed E-state index contributed by atoms with van der Waals surface area (Å²) in [6.07, 6.45) is 0.945. The first-order valence-electron chi connectivity index (χ1n) is 9.24. The van der Waals surface area contributed by atoms with Crippen molar-refractivity contribution < 1.29 is 18.7 Å². The molecule has 148 valence electrons.